The lowest BCUT2D eigenvalue weighted by atomic mass is 10.2. The molecule has 0 saturated carbocycles. The second-order valence-corrected chi connectivity index (χ2v) is 4.18. The van der Waals surface area contributed by atoms with Crippen LogP contribution in [-0.2, 0) is 0 Å². The van der Waals surface area contributed by atoms with Crippen LogP contribution in [0, 0.1) is 0 Å². The van der Waals surface area contributed by atoms with Crippen molar-refractivity contribution >= 4 is 11.4 Å². The molecule has 1 heterocycles. The maximum atomic E-state index is 5.68. The van der Waals surface area contributed by atoms with Gasteiger partial charge in [0.2, 0.25) is 0 Å². The van der Waals surface area contributed by atoms with Gasteiger partial charge in [0.25, 0.3) is 0 Å². The molecule has 2 rings (SSSR count). The molecule has 0 unspecified atom stereocenters. The summed E-state index contributed by atoms with van der Waals surface area (Å²) in [5, 5.41) is 3.38. The predicted octanol–water partition coefficient (Wildman–Crippen LogP) is 0.809. The summed E-state index contributed by atoms with van der Waals surface area (Å²) in [6, 6.07) is 8.25. The average Bonchev–Trinajstić information content (AvgIpc) is 2.19. The highest BCUT2D eigenvalue weighted by atomic mass is 15.4. The number of hydrogen-bond acceptors (Lipinski definition) is 2. The zero-order valence-electron chi connectivity index (χ0n) is 8.66. The van der Waals surface area contributed by atoms with Gasteiger partial charge in [0, 0.05) is 30.9 Å². The fourth-order valence-electron chi connectivity index (χ4n) is 1.98. The fourth-order valence-corrected chi connectivity index (χ4v) is 1.98. The molecule has 1 aromatic rings. The number of quaternary nitrogens is 1. The number of rotatable bonds is 1. The van der Waals surface area contributed by atoms with E-state index in [1.54, 1.807) is 0 Å². The quantitative estimate of drug-likeness (QED) is 0.510. The number of hydrogen-bond donors (Lipinski definition) is 2. The van der Waals surface area contributed by atoms with Gasteiger partial charge in [-0.25, -0.2) is 0 Å². The van der Waals surface area contributed by atoms with Crippen LogP contribution in [0.5, 0.6) is 0 Å². The molecule has 0 aromatic heterocycles. The van der Waals surface area contributed by atoms with Crippen LogP contribution in [-0.4, -0.2) is 33.2 Å². The van der Waals surface area contributed by atoms with Gasteiger partial charge in [-0.3, -0.25) is 4.48 Å². The highest BCUT2D eigenvalue weighted by Crippen LogP contribution is 2.22. The predicted molar refractivity (Wildman–Crippen MR) is 61.2 cm³/mol. The van der Waals surface area contributed by atoms with E-state index in [0.717, 1.165) is 36.3 Å². The number of likely N-dealkylation sites (N-methyl/N-ethyl adjacent to an activating group) is 1. The Balaban J connectivity index is 2.23. The summed E-state index contributed by atoms with van der Waals surface area (Å²) in [5.74, 6) is 0. The van der Waals surface area contributed by atoms with Crippen molar-refractivity contribution in [2.45, 2.75) is 0 Å². The van der Waals surface area contributed by atoms with Crippen molar-refractivity contribution in [1.29, 1.82) is 0 Å². The normalized spacial score (nSPS) is 20.6. The minimum atomic E-state index is 0.843. The molecule has 14 heavy (non-hydrogen) atoms. The topological polar surface area (TPSA) is 38.0 Å². The van der Waals surface area contributed by atoms with Crippen LogP contribution in [0.2, 0.25) is 0 Å². The molecule has 0 bridgehead atoms. The Morgan fingerprint density at radius 2 is 1.71 bits per heavy atom. The van der Waals surface area contributed by atoms with Crippen molar-refractivity contribution < 1.29 is 0 Å². The molecule has 0 atom stereocenters. The lowest BCUT2D eigenvalue weighted by molar-refractivity contribution is 0.288. The van der Waals surface area contributed by atoms with Crippen molar-refractivity contribution in [2.24, 2.45) is 0 Å². The molecule has 1 saturated heterocycles. The number of piperazine rings is 1. The van der Waals surface area contributed by atoms with Gasteiger partial charge in [0.05, 0.1) is 20.1 Å². The maximum Gasteiger partial charge on any atom is 0.132 e. The summed E-state index contributed by atoms with van der Waals surface area (Å²) in [6.45, 7) is 4.51. The van der Waals surface area contributed by atoms with E-state index in [-0.39, 0.29) is 0 Å². The van der Waals surface area contributed by atoms with E-state index in [1.165, 1.54) is 5.69 Å². The molecule has 0 radical (unpaired) electrons. The van der Waals surface area contributed by atoms with E-state index in [2.05, 4.69) is 24.5 Å². The van der Waals surface area contributed by atoms with Crippen molar-refractivity contribution in [3.8, 4) is 0 Å². The standard InChI is InChI=1S/C11H18N3/c1-14(8-6-13-7-9-14)11-4-2-10(12)3-5-11/h2-5,13H,6-9,12H2,1H3/q+1. The zero-order chi connectivity index (χ0) is 10.0. The molecular weight excluding hydrogens is 174 g/mol. The summed E-state index contributed by atoms with van der Waals surface area (Å²) >= 11 is 0. The van der Waals surface area contributed by atoms with Gasteiger partial charge in [-0.15, -0.1) is 0 Å². The molecule has 1 aliphatic rings. The van der Waals surface area contributed by atoms with E-state index in [0.29, 0.717) is 0 Å². The minimum Gasteiger partial charge on any atom is -0.399 e. The molecule has 0 aliphatic carbocycles. The fraction of sp³-hybridized carbons (Fsp3) is 0.455. The van der Waals surface area contributed by atoms with Gasteiger partial charge in [-0.2, -0.15) is 0 Å². The second-order valence-electron chi connectivity index (χ2n) is 4.18. The number of nitrogens with two attached hydrogens (primary N) is 1. The Bertz CT molecular complexity index is 299. The highest BCUT2D eigenvalue weighted by molar-refractivity contribution is 5.50. The van der Waals surface area contributed by atoms with E-state index >= 15 is 0 Å². The maximum absolute atomic E-state index is 5.68. The van der Waals surface area contributed by atoms with Crippen LogP contribution in [0.4, 0.5) is 11.4 Å². The van der Waals surface area contributed by atoms with Crippen LogP contribution in [0.15, 0.2) is 24.3 Å². The largest absolute Gasteiger partial charge is 0.399 e. The van der Waals surface area contributed by atoms with E-state index < -0.39 is 0 Å². The van der Waals surface area contributed by atoms with Gasteiger partial charge >= 0.3 is 0 Å². The third kappa shape index (κ3) is 1.74. The van der Waals surface area contributed by atoms with E-state index in [9.17, 15) is 0 Å². The number of nitrogen functional groups attached to an aromatic ring is 1. The van der Waals surface area contributed by atoms with Crippen molar-refractivity contribution in [1.82, 2.24) is 9.80 Å². The Morgan fingerprint density at radius 3 is 2.29 bits per heavy atom. The van der Waals surface area contributed by atoms with E-state index in [4.69, 9.17) is 5.73 Å². The molecule has 3 heteroatoms. The molecule has 0 amide bonds. The number of anilines is 1. The van der Waals surface area contributed by atoms with Gasteiger partial charge in [0.15, 0.2) is 0 Å². The van der Waals surface area contributed by atoms with Gasteiger partial charge in [0.1, 0.15) is 5.69 Å². The number of nitrogens with one attached hydrogen (secondary N) is 1. The third-order valence-electron chi connectivity index (χ3n) is 3.08. The average molecular weight is 192 g/mol. The second kappa shape index (κ2) is 3.59. The molecule has 3 N–H and O–H groups in total. The summed E-state index contributed by atoms with van der Waals surface area (Å²) in [6.07, 6.45) is 0. The van der Waals surface area contributed by atoms with Crippen LogP contribution < -0.4 is 15.5 Å². The number of nitrogens with zero attached hydrogens (tertiary/aromatic N) is 1. The first-order valence-electron chi connectivity index (χ1n) is 5.12. The number of benzene rings is 1. The van der Waals surface area contributed by atoms with Crippen LogP contribution in [0.3, 0.4) is 0 Å². The van der Waals surface area contributed by atoms with Crippen LogP contribution in [0.1, 0.15) is 0 Å². The molecule has 1 fully saturated rings. The van der Waals surface area contributed by atoms with Crippen molar-refractivity contribution in [3.63, 3.8) is 0 Å². The van der Waals surface area contributed by atoms with Gasteiger partial charge < -0.3 is 11.1 Å². The smallest absolute Gasteiger partial charge is 0.132 e. The summed E-state index contributed by atoms with van der Waals surface area (Å²) in [4.78, 5) is 0. The van der Waals surface area contributed by atoms with Gasteiger partial charge in [-0.1, -0.05) is 0 Å². The van der Waals surface area contributed by atoms with Crippen molar-refractivity contribution in [2.75, 3.05) is 39.0 Å². The summed E-state index contributed by atoms with van der Waals surface area (Å²) < 4.78 is 1.02. The summed E-state index contributed by atoms with van der Waals surface area (Å²) in [5.41, 5.74) is 7.88. The van der Waals surface area contributed by atoms with Crippen LogP contribution >= 0.6 is 0 Å². The molecular formula is C11H18N3+. The first-order chi connectivity index (χ1) is 6.71. The molecule has 1 aromatic carbocycles. The molecule has 76 valence electrons. The third-order valence-corrected chi connectivity index (χ3v) is 3.08. The first kappa shape index (κ1) is 9.49. The Hall–Kier alpha value is -1.06. The molecule has 1 aliphatic heterocycles. The molecule has 0 spiro atoms. The first-order valence-corrected chi connectivity index (χ1v) is 5.12. The lowest BCUT2D eigenvalue weighted by Crippen LogP contribution is -2.57. The van der Waals surface area contributed by atoms with E-state index in [1.807, 2.05) is 12.1 Å². The Kier molecular flexibility index (Phi) is 2.44. The highest BCUT2D eigenvalue weighted by Gasteiger charge is 2.26. The van der Waals surface area contributed by atoms with Crippen molar-refractivity contribution in [3.05, 3.63) is 24.3 Å². The Morgan fingerprint density at radius 1 is 1.14 bits per heavy atom. The SMILES string of the molecule is C[N+]1(c2ccc(N)cc2)CCNCC1. The summed E-state index contributed by atoms with van der Waals surface area (Å²) in [7, 11) is 2.28. The Labute approximate surface area is 85.1 Å². The van der Waals surface area contributed by atoms with Crippen LogP contribution in [0.25, 0.3) is 0 Å². The molecule has 3 nitrogen and oxygen atoms in total. The monoisotopic (exact) mass is 192 g/mol. The minimum absolute atomic E-state index is 0.843. The van der Waals surface area contributed by atoms with Gasteiger partial charge in [-0.05, 0) is 12.1 Å². The zero-order valence-corrected chi connectivity index (χ0v) is 8.66. The lowest BCUT2D eigenvalue weighted by Gasteiger charge is -2.37.